The van der Waals surface area contributed by atoms with Gasteiger partial charge in [-0.2, -0.15) is 0 Å². The van der Waals surface area contributed by atoms with E-state index in [9.17, 15) is 4.79 Å². The molecule has 0 aliphatic heterocycles. The van der Waals surface area contributed by atoms with E-state index in [4.69, 9.17) is 5.73 Å². The highest BCUT2D eigenvalue weighted by Crippen LogP contribution is 2.26. The lowest BCUT2D eigenvalue weighted by molar-refractivity contribution is -0.131. The quantitative estimate of drug-likeness (QED) is 0.738. The van der Waals surface area contributed by atoms with Crippen LogP contribution in [0.25, 0.3) is 5.69 Å². The monoisotopic (exact) mass is 400 g/mol. The average molecular weight is 401 g/mol. The molecule has 0 saturated carbocycles. The molecule has 0 spiro atoms. The third-order valence-electron chi connectivity index (χ3n) is 5.07. The summed E-state index contributed by atoms with van der Waals surface area (Å²) in [6.07, 6.45) is 5.22. The maximum absolute atomic E-state index is 12.6. The molecule has 146 valence electrons. The fraction of sp³-hybridized carbons (Fsp3) is 0.474. The molecule has 0 aliphatic rings. The van der Waals surface area contributed by atoms with Crippen molar-refractivity contribution >= 4 is 30.7 Å². The average Bonchev–Trinajstić information content (AvgIpc) is 3.03. The second-order valence-corrected chi connectivity index (χ2v) is 6.32. The van der Waals surface area contributed by atoms with Crippen LogP contribution in [-0.2, 0) is 4.79 Å². The Bertz CT molecular complexity index is 673. The number of halogens is 2. The highest BCUT2D eigenvalue weighted by molar-refractivity contribution is 5.85. The molecule has 1 heterocycles. The molecule has 0 fully saturated rings. The lowest BCUT2D eigenvalue weighted by atomic mass is 9.81. The van der Waals surface area contributed by atoms with Crippen LogP contribution in [0, 0.1) is 12.3 Å². The van der Waals surface area contributed by atoms with Crippen molar-refractivity contribution in [1.29, 1.82) is 0 Å². The summed E-state index contributed by atoms with van der Waals surface area (Å²) in [4.78, 5) is 16.9. The smallest absolute Gasteiger partial charge is 0.227 e. The molecular weight excluding hydrogens is 371 g/mol. The number of aromatic nitrogens is 2. The molecule has 1 unspecified atom stereocenters. The number of carbonyl (C=O) groups excluding carboxylic acids is 1. The maximum atomic E-state index is 12.6. The van der Waals surface area contributed by atoms with E-state index in [-0.39, 0.29) is 36.8 Å². The first-order valence-electron chi connectivity index (χ1n) is 8.58. The molecule has 3 N–H and O–H groups in total. The van der Waals surface area contributed by atoms with Gasteiger partial charge in [0, 0.05) is 24.6 Å². The van der Waals surface area contributed by atoms with Gasteiger partial charge in [0.15, 0.2) is 0 Å². The van der Waals surface area contributed by atoms with Gasteiger partial charge < -0.3 is 15.6 Å². The molecule has 1 amide bonds. The summed E-state index contributed by atoms with van der Waals surface area (Å²) in [7, 11) is 0. The Morgan fingerprint density at radius 1 is 1.23 bits per heavy atom. The fourth-order valence-corrected chi connectivity index (χ4v) is 2.96. The van der Waals surface area contributed by atoms with E-state index >= 15 is 0 Å². The van der Waals surface area contributed by atoms with E-state index in [1.54, 1.807) is 6.20 Å². The van der Waals surface area contributed by atoms with Crippen molar-refractivity contribution in [2.24, 2.45) is 11.1 Å². The zero-order valence-corrected chi connectivity index (χ0v) is 17.5. The van der Waals surface area contributed by atoms with Gasteiger partial charge in [0.1, 0.15) is 5.82 Å². The molecule has 1 aromatic heterocycles. The van der Waals surface area contributed by atoms with Crippen LogP contribution in [0.1, 0.15) is 51.0 Å². The minimum atomic E-state index is -0.470. The Morgan fingerprint density at radius 2 is 1.81 bits per heavy atom. The number of benzene rings is 1. The molecule has 0 aliphatic carbocycles. The highest BCUT2D eigenvalue weighted by atomic mass is 35.5. The van der Waals surface area contributed by atoms with E-state index in [2.05, 4.69) is 10.3 Å². The summed E-state index contributed by atoms with van der Waals surface area (Å²) in [6.45, 7) is 8.38. The van der Waals surface area contributed by atoms with Crippen molar-refractivity contribution in [3.8, 4) is 5.69 Å². The summed E-state index contributed by atoms with van der Waals surface area (Å²) >= 11 is 0. The number of nitrogens with two attached hydrogens (primary N) is 1. The van der Waals surface area contributed by atoms with Crippen LogP contribution in [0.4, 0.5) is 0 Å². The number of carbonyl (C=O) groups is 1. The van der Waals surface area contributed by atoms with Crippen LogP contribution in [0.2, 0.25) is 0 Å². The van der Waals surface area contributed by atoms with Crippen LogP contribution >= 0.6 is 24.8 Å². The molecule has 0 radical (unpaired) electrons. The van der Waals surface area contributed by atoms with E-state index in [1.807, 2.05) is 62.7 Å². The number of hydrogen-bond acceptors (Lipinski definition) is 3. The Hall–Kier alpha value is -1.56. The molecule has 2 aromatic rings. The summed E-state index contributed by atoms with van der Waals surface area (Å²) < 4.78 is 2.03. The minimum absolute atomic E-state index is 0. The van der Waals surface area contributed by atoms with Crippen LogP contribution in [0.15, 0.2) is 36.7 Å². The van der Waals surface area contributed by atoms with Crippen LogP contribution in [0.3, 0.4) is 0 Å². The number of nitrogens with one attached hydrogen (secondary N) is 1. The van der Waals surface area contributed by atoms with Gasteiger partial charge in [-0.25, -0.2) is 4.98 Å². The molecule has 7 heteroatoms. The summed E-state index contributed by atoms with van der Waals surface area (Å²) in [5.74, 6) is 0.986. The lowest BCUT2D eigenvalue weighted by Crippen LogP contribution is -2.46. The standard InChI is InChI=1S/C19H28N4O.2ClH/c1-5-19(6-2,13-20)18(24)22-14(3)16-7-9-17(10-8-16)23-12-11-21-15(23)4;;/h7-12,14H,5-6,13,20H2,1-4H3,(H,22,24);2*1H. The predicted molar refractivity (Wildman–Crippen MR) is 111 cm³/mol. The third-order valence-corrected chi connectivity index (χ3v) is 5.07. The van der Waals surface area contributed by atoms with Gasteiger partial charge in [-0.15, -0.1) is 24.8 Å². The van der Waals surface area contributed by atoms with Gasteiger partial charge in [0.25, 0.3) is 0 Å². The molecule has 2 rings (SSSR count). The summed E-state index contributed by atoms with van der Waals surface area (Å²) in [5.41, 5.74) is 7.53. The normalized spacial score (nSPS) is 11.9. The number of hydrogen-bond donors (Lipinski definition) is 2. The van der Waals surface area contributed by atoms with Crippen LogP contribution in [-0.4, -0.2) is 22.0 Å². The minimum Gasteiger partial charge on any atom is -0.349 e. The zero-order chi connectivity index (χ0) is 17.7. The third kappa shape index (κ3) is 5.00. The molecule has 1 atom stereocenters. The second kappa shape index (κ2) is 10.6. The Morgan fingerprint density at radius 3 is 2.23 bits per heavy atom. The van der Waals surface area contributed by atoms with Gasteiger partial charge in [-0.3, -0.25) is 4.79 Å². The number of imidazole rings is 1. The number of amides is 1. The Kier molecular flexibility index (Phi) is 9.92. The topological polar surface area (TPSA) is 72.9 Å². The van der Waals surface area contributed by atoms with Crippen molar-refractivity contribution in [1.82, 2.24) is 14.9 Å². The predicted octanol–water partition coefficient (Wildman–Crippen LogP) is 3.97. The molecule has 1 aromatic carbocycles. The molecule has 0 saturated heterocycles. The largest absolute Gasteiger partial charge is 0.349 e. The lowest BCUT2D eigenvalue weighted by Gasteiger charge is -2.30. The second-order valence-electron chi connectivity index (χ2n) is 6.32. The summed E-state index contributed by atoms with van der Waals surface area (Å²) in [6, 6.07) is 8.12. The van der Waals surface area contributed by atoms with Crippen LogP contribution in [0.5, 0.6) is 0 Å². The van der Waals surface area contributed by atoms with Crippen molar-refractivity contribution in [2.45, 2.75) is 46.6 Å². The number of nitrogens with zero attached hydrogens (tertiary/aromatic N) is 2. The SMILES string of the molecule is CCC(CC)(CN)C(=O)NC(C)c1ccc(-n2ccnc2C)cc1.Cl.Cl. The first kappa shape index (κ1) is 24.4. The van der Waals surface area contributed by atoms with Gasteiger partial charge >= 0.3 is 0 Å². The Balaban J connectivity index is 0.00000312. The maximum Gasteiger partial charge on any atom is 0.227 e. The number of aryl methyl sites for hydroxylation is 1. The Labute approximate surface area is 168 Å². The van der Waals surface area contributed by atoms with Gasteiger partial charge in [0.2, 0.25) is 5.91 Å². The van der Waals surface area contributed by atoms with Crippen LogP contribution < -0.4 is 11.1 Å². The molecule has 5 nitrogen and oxygen atoms in total. The van der Waals surface area contributed by atoms with E-state index in [0.717, 1.165) is 29.9 Å². The first-order chi connectivity index (χ1) is 11.5. The van der Waals surface area contributed by atoms with Gasteiger partial charge in [-0.05, 0) is 44.4 Å². The van der Waals surface area contributed by atoms with Crippen molar-refractivity contribution in [3.05, 3.63) is 48.0 Å². The van der Waals surface area contributed by atoms with Gasteiger partial charge in [0.05, 0.1) is 11.5 Å². The molecular formula is C19H30Cl2N4O. The van der Waals surface area contributed by atoms with Crippen molar-refractivity contribution in [2.75, 3.05) is 6.54 Å². The van der Waals surface area contributed by atoms with Gasteiger partial charge in [-0.1, -0.05) is 26.0 Å². The van der Waals surface area contributed by atoms with E-state index in [0.29, 0.717) is 6.54 Å². The summed E-state index contributed by atoms with van der Waals surface area (Å²) in [5, 5.41) is 3.12. The van der Waals surface area contributed by atoms with E-state index < -0.39 is 5.41 Å². The zero-order valence-electron chi connectivity index (χ0n) is 15.9. The fourth-order valence-electron chi connectivity index (χ4n) is 2.96. The molecule has 26 heavy (non-hydrogen) atoms. The highest BCUT2D eigenvalue weighted by Gasteiger charge is 2.34. The first-order valence-corrected chi connectivity index (χ1v) is 8.58. The van der Waals surface area contributed by atoms with Crippen molar-refractivity contribution in [3.63, 3.8) is 0 Å². The molecule has 0 bridgehead atoms. The van der Waals surface area contributed by atoms with E-state index in [1.165, 1.54) is 0 Å². The number of rotatable bonds is 7. The van der Waals surface area contributed by atoms with Crippen molar-refractivity contribution < 1.29 is 4.79 Å².